The Kier molecular flexibility index (Phi) is 7.18. The van der Waals surface area contributed by atoms with Crippen LogP contribution in [-0.2, 0) is 18.8 Å². The molecule has 0 radical (unpaired) electrons. The van der Waals surface area contributed by atoms with Crippen molar-refractivity contribution >= 4 is 7.82 Å². The maximum Gasteiger partial charge on any atom is 1.00 e. The minimum atomic E-state index is -5.16. The van der Waals surface area contributed by atoms with Crippen molar-refractivity contribution < 1.29 is 52.6 Å². The van der Waals surface area contributed by atoms with Crippen LogP contribution in [0.25, 0.3) is 0 Å². The monoisotopic (exact) mass is 160 g/mol. The molecular formula is HF3LiO4P. The largest absolute Gasteiger partial charge is 1.00 e. The normalized spacial score (nSPS) is 10.6. The van der Waals surface area contributed by atoms with Crippen LogP contribution >= 0.6 is 7.82 Å². The molecule has 0 bridgehead atoms. The molecule has 0 atom stereocenters. The molecular weight excluding hydrogens is 159 g/mol. The van der Waals surface area contributed by atoms with Crippen LogP contribution < -0.4 is 18.9 Å². The summed E-state index contributed by atoms with van der Waals surface area (Å²) in [6, 6.07) is 0. The van der Waals surface area contributed by atoms with Gasteiger partial charge >= 0.3 is 26.7 Å². The second-order valence-corrected chi connectivity index (χ2v) is 1.96. The molecule has 0 rings (SSSR count). The fourth-order valence-corrected chi connectivity index (χ4v) is 0.0958. The molecule has 9 heteroatoms. The molecule has 0 aliphatic heterocycles. The Balaban J connectivity index is -0.000000245. The summed E-state index contributed by atoms with van der Waals surface area (Å²) in [5.74, 6) is 0. The molecule has 0 N–H and O–H groups in total. The van der Waals surface area contributed by atoms with E-state index in [2.05, 4.69) is 14.2 Å². The second kappa shape index (κ2) is 5.30. The first-order valence-corrected chi connectivity index (χ1v) is 2.65. The van der Waals surface area contributed by atoms with Crippen molar-refractivity contribution in [1.82, 2.24) is 0 Å². The molecule has 4 nitrogen and oxygen atoms in total. The SMILES string of the molecule is O=P(OF)(OF)OF.[H-].[Li+]. The third-order valence-electron chi connectivity index (χ3n) is 0.254. The quantitative estimate of drug-likeness (QED) is 0.388. The fraction of sp³-hybridized carbons (Fsp3) is 0. The zero-order chi connectivity index (χ0) is 6.62. The van der Waals surface area contributed by atoms with Gasteiger partial charge in [0.2, 0.25) is 0 Å². The second-order valence-electron chi connectivity index (χ2n) is 0.654. The van der Waals surface area contributed by atoms with Crippen LogP contribution in [0.15, 0.2) is 0 Å². The van der Waals surface area contributed by atoms with Crippen molar-refractivity contribution in [3.8, 4) is 0 Å². The Morgan fingerprint density at radius 1 is 1.11 bits per heavy atom. The van der Waals surface area contributed by atoms with Crippen molar-refractivity contribution in [2.24, 2.45) is 0 Å². The number of hydrogen-bond acceptors (Lipinski definition) is 4. The average Bonchev–Trinajstić information content (AvgIpc) is 1.87. The van der Waals surface area contributed by atoms with E-state index < -0.39 is 7.82 Å². The Morgan fingerprint density at radius 2 is 1.33 bits per heavy atom. The van der Waals surface area contributed by atoms with E-state index >= 15 is 0 Å². The van der Waals surface area contributed by atoms with Gasteiger partial charge in [-0.25, -0.2) is 4.57 Å². The van der Waals surface area contributed by atoms with E-state index in [-0.39, 0.29) is 20.3 Å². The first-order chi connectivity index (χ1) is 3.68. The Hall–Kier alpha value is 0.497. The van der Waals surface area contributed by atoms with Crippen molar-refractivity contribution in [1.29, 1.82) is 0 Å². The van der Waals surface area contributed by atoms with Gasteiger partial charge in [0.05, 0.1) is 0 Å². The third-order valence-corrected chi connectivity index (χ3v) is 0.761. The number of halogens is 3. The summed E-state index contributed by atoms with van der Waals surface area (Å²) in [6.07, 6.45) is 0. The smallest absolute Gasteiger partial charge is 1.00 e. The minimum absolute atomic E-state index is 0. The summed E-state index contributed by atoms with van der Waals surface area (Å²) in [5.41, 5.74) is 0. The third kappa shape index (κ3) is 3.98. The standard InChI is InChI=1S/F3O4P.Li.H/c1-5-8(4,6-2)7-3;;/q;+1;-1. The van der Waals surface area contributed by atoms with Gasteiger partial charge in [0.25, 0.3) is 0 Å². The molecule has 0 fully saturated rings. The average molecular weight is 160 g/mol. The molecule has 0 heterocycles. The van der Waals surface area contributed by atoms with Crippen LogP contribution in [0.3, 0.4) is 0 Å². The summed E-state index contributed by atoms with van der Waals surface area (Å²) in [7, 11) is -5.16. The first-order valence-electron chi connectivity index (χ1n) is 1.19. The Labute approximate surface area is 61.2 Å². The minimum Gasteiger partial charge on any atom is -1.00 e. The van der Waals surface area contributed by atoms with E-state index in [1.807, 2.05) is 0 Å². The van der Waals surface area contributed by atoms with Crippen molar-refractivity contribution in [3.63, 3.8) is 0 Å². The summed E-state index contributed by atoms with van der Waals surface area (Å²) in [4.78, 5) is 0. The number of phosphoric acid groups is 1. The molecule has 0 spiro atoms. The molecule has 0 aromatic carbocycles. The van der Waals surface area contributed by atoms with E-state index in [9.17, 15) is 18.1 Å². The predicted octanol–water partition coefficient (Wildman–Crippen LogP) is -1.09. The summed E-state index contributed by atoms with van der Waals surface area (Å²) in [5, 5.41) is 0. The first kappa shape index (κ1) is 12.2. The maximum atomic E-state index is 10.5. The van der Waals surface area contributed by atoms with Crippen molar-refractivity contribution in [2.45, 2.75) is 0 Å². The summed E-state index contributed by atoms with van der Waals surface area (Å²) in [6.45, 7) is 0. The van der Waals surface area contributed by atoms with Crippen LogP contribution in [0, 0.1) is 0 Å². The molecule has 52 valence electrons. The van der Waals surface area contributed by atoms with Crippen molar-refractivity contribution in [3.05, 3.63) is 0 Å². The predicted molar refractivity (Wildman–Crippen MR) is 15.3 cm³/mol. The van der Waals surface area contributed by atoms with Gasteiger partial charge in [0, 0.05) is 0 Å². The van der Waals surface area contributed by atoms with E-state index in [4.69, 9.17) is 0 Å². The molecule has 0 saturated carbocycles. The van der Waals surface area contributed by atoms with Crippen molar-refractivity contribution in [2.75, 3.05) is 0 Å². The topological polar surface area (TPSA) is 44.8 Å². The zero-order valence-electron chi connectivity index (χ0n) is 5.21. The molecule has 0 unspecified atom stereocenters. The van der Waals surface area contributed by atoms with Gasteiger partial charge < -0.3 is 1.43 Å². The van der Waals surface area contributed by atoms with Gasteiger partial charge in [-0.1, -0.05) is 14.2 Å². The van der Waals surface area contributed by atoms with Gasteiger partial charge in [0.15, 0.2) is 0 Å². The molecule has 0 saturated heterocycles. The van der Waals surface area contributed by atoms with Crippen LogP contribution in [0.4, 0.5) is 13.6 Å². The van der Waals surface area contributed by atoms with Gasteiger partial charge in [-0.05, 0) is 13.6 Å². The fourth-order valence-electron chi connectivity index (χ4n) is 0.0319. The van der Waals surface area contributed by atoms with Crippen LogP contribution in [0.2, 0.25) is 0 Å². The van der Waals surface area contributed by atoms with E-state index in [0.717, 1.165) is 0 Å². The molecule has 0 aliphatic rings. The summed E-state index contributed by atoms with van der Waals surface area (Å²) >= 11 is 0. The van der Waals surface area contributed by atoms with Crippen LogP contribution in [0.1, 0.15) is 1.43 Å². The van der Waals surface area contributed by atoms with Gasteiger partial charge in [0.1, 0.15) is 0 Å². The zero-order valence-corrected chi connectivity index (χ0v) is 5.11. The number of hydrogen-bond donors (Lipinski definition) is 0. The maximum absolute atomic E-state index is 10.5. The molecule has 9 heavy (non-hydrogen) atoms. The number of rotatable bonds is 3. The molecule has 0 aromatic heterocycles. The van der Waals surface area contributed by atoms with Crippen LogP contribution in [0.5, 0.6) is 0 Å². The summed E-state index contributed by atoms with van der Waals surface area (Å²) < 4.78 is 47.5. The van der Waals surface area contributed by atoms with Gasteiger partial charge in [-0.3, -0.25) is 0 Å². The van der Waals surface area contributed by atoms with E-state index in [1.54, 1.807) is 0 Å². The Morgan fingerprint density at radius 3 is 1.33 bits per heavy atom. The Bertz CT molecular complexity index is 91.7. The van der Waals surface area contributed by atoms with Crippen LogP contribution in [-0.4, -0.2) is 0 Å². The van der Waals surface area contributed by atoms with Gasteiger partial charge in [-0.2, -0.15) is 0 Å². The molecule has 0 amide bonds. The van der Waals surface area contributed by atoms with E-state index in [0.29, 0.717) is 0 Å². The molecule has 0 aliphatic carbocycles. The van der Waals surface area contributed by atoms with Gasteiger partial charge in [-0.15, -0.1) is 0 Å². The molecule has 0 aromatic rings. The van der Waals surface area contributed by atoms with E-state index in [1.165, 1.54) is 0 Å².